The van der Waals surface area contributed by atoms with Gasteiger partial charge < -0.3 is 10.3 Å². The lowest BCUT2D eigenvalue weighted by Crippen LogP contribution is -2.27. The summed E-state index contributed by atoms with van der Waals surface area (Å²) in [5.74, 6) is -0.311. The molecule has 0 radical (unpaired) electrons. The van der Waals surface area contributed by atoms with Gasteiger partial charge in [-0.1, -0.05) is 30.3 Å². The molecule has 2 N–H and O–H groups in total. The minimum atomic E-state index is -0.284. The highest BCUT2D eigenvalue weighted by Crippen LogP contribution is 2.19. The van der Waals surface area contributed by atoms with Gasteiger partial charge in [-0.05, 0) is 35.7 Å². The van der Waals surface area contributed by atoms with Crippen molar-refractivity contribution in [3.63, 3.8) is 0 Å². The zero-order chi connectivity index (χ0) is 15.4. The zero-order valence-corrected chi connectivity index (χ0v) is 12.1. The van der Waals surface area contributed by atoms with Crippen molar-refractivity contribution in [3.8, 4) is 0 Å². The van der Waals surface area contributed by atoms with Gasteiger partial charge in [0, 0.05) is 23.6 Å². The number of hydrogen-bond acceptors (Lipinski definition) is 1. The normalized spacial score (nSPS) is 10.8. The molecule has 2 aromatic carbocycles. The number of carbonyl (C=O) groups excluding carboxylic acids is 1. The van der Waals surface area contributed by atoms with E-state index in [4.69, 9.17) is 0 Å². The van der Waals surface area contributed by atoms with Crippen molar-refractivity contribution in [2.45, 2.75) is 12.8 Å². The molecular weight excluding hydrogens is 279 g/mol. The summed E-state index contributed by atoms with van der Waals surface area (Å²) < 4.78 is 13.1. The fraction of sp³-hybridized carbons (Fsp3) is 0.167. The first kappa shape index (κ1) is 14.3. The molecule has 0 fully saturated rings. The van der Waals surface area contributed by atoms with Gasteiger partial charge in [-0.2, -0.15) is 0 Å². The molecule has 1 amide bonds. The topological polar surface area (TPSA) is 44.9 Å². The summed E-state index contributed by atoms with van der Waals surface area (Å²) in [5, 5.41) is 3.81. The van der Waals surface area contributed by atoms with E-state index in [1.807, 2.05) is 30.3 Å². The van der Waals surface area contributed by atoms with E-state index in [0.717, 1.165) is 17.4 Å². The van der Waals surface area contributed by atoms with Crippen molar-refractivity contribution in [2.75, 3.05) is 6.54 Å². The number of nitrogens with one attached hydrogen (secondary N) is 2. The Balaban J connectivity index is 1.57. The third-order valence-electron chi connectivity index (χ3n) is 3.66. The van der Waals surface area contributed by atoms with Crippen molar-refractivity contribution < 1.29 is 9.18 Å². The number of amides is 1. The van der Waals surface area contributed by atoms with Gasteiger partial charge in [0.25, 0.3) is 0 Å². The molecule has 0 unspecified atom stereocenters. The molecule has 3 rings (SSSR count). The SMILES string of the molecule is O=C(Cc1c[nH]c2cc(F)ccc12)NCCc1ccccc1. The second-order valence-corrected chi connectivity index (χ2v) is 5.27. The number of carbonyl (C=O) groups is 1. The number of hydrogen-bond donors (Lipinski definition) is 2. The smallest absolute Gasteiger partial charge is 0.224 e. The molecule has 0 aliphatic carbocycles. The lowest BCUT2D eigenvalue weighted by Gasteiger charge is -2.05. The third kappa shape index (κ3) is 3.34. The molecular formula is C18H17FN2O. The molecule has 0 bridgehead atoms. The van der Waals surface area contributed by atoms with E-state index in [1.54, 1.807) is 12.3 Å². The van der Waals surface area contributed by atoms with E-state index < -0.39 is 0 Å². The number of halogens is 1. The Morgan fingerprint density at radius 2 is 1.95 bits per heavy atom. The number of rotatable bonds is 5. The summed E-state index contributed by atoms with van der Waals surface area (Å²) in [6.07, 6.45) is 2.87. The van der Waals surface area contributed by atoms with Gasteiger partial charge in [0.2, 0.25) is 5.91 Å². The average Bonchev–Trinajstić information content (AvgIpc) is 2.90. The fourth-order valence-electron chi connectivity index (χ4n) is 2.53. The molecule has 3 aromatic rings. The maximum absolute atomic E-state index is 13.1. The molecule has 22 heavy (non-hydrogen) atoms. The summed E-state index contributed by atoms with van der Waals surface area (Å²) in [5.41, 5.74) is 2.80. The summed E-state index contributed by atoms with van der Waals surface area (Å²) in [4.78, 5) is 15.0. The Hall–Kier alpha value is -2.62. The van der Waals surface area contributed by atoms with E-state index in [9.17, 15) is 9.18 Å². The highest BCUT2D eigenvalue weighted by atomic mass is 19.1. The molecule has 0 aliphatic rings. The number of fused-ring (bicyclic) bond motifs is 1. The van der Waals surface area contributed by atoms with Crippen LogP contribution in [0.5, 0.6) is 0 Å². The number of benzene rings is 2. The number of aromatic amines is 1. The van der Waals surface area contributed by atoms with Crippen molar-refractivity contribution in [3.05, 3.63) is 71.7 Å². The molecule has 1 aromatic heterocycles. The van der Waals surface area contributed by atoms with Crippen molar-refractivity contribution in [1.29, 1.82) is 0 Å². The van der Waals surface area contributed by atoms with Gasteiger partial charge in [0.15, 0.2) is 0 Å². The van der Waals surface area contributed by atoms with E-state index in [0.29, 0.717) is 18.5 Å². The van der Waals surface area contributed by atoms with E-state index in [2.05, 4.69) is 10.3 Å². The molecule has 0 spiro atoms. The minimum Gasteiger partial charge on any atom is -0.361 e. The molecule has 3 nitrogen and oxygen atoms in total. The first-order valence-electron chi connectivity index (χ1n) is 7.28. The fourth-order valence-corrected chi connectivity index (χ4v) is 2.53. The van der Waals surface area contributed by atoms with E-state index >= 15 is 0 Å². The quantitative estimate of drug-likeness (QED) is 0.746. The molecule has 112 valence electrons. The van der Waals surface area contributed by atoms with Crippen LogP contribution in [0.1, 0.15) is 11.1 Å². The van der Waals surface area contributed by atoms with Crippen LogP contribution in [-0.4, -0.2) is 17.4 Å². The molecule has 1 heterocycles. The maximum Gasteiger partial charge on any atom is 0.224 e. The van der Waals surface area contributed by atoms with Gasteiger partial charge in [-0.15, -0.1) is 0 Å². The van der Waals surface area contributed by atoms with Crippen LogP contribution in [0.2, 0.25) is 0 Å². The van der Waals surface area contributed by atoms with Crippen LogP contribution in [0.25, 0.3) is 10.9 Å². The number of aromatic nitrogens is 1. The van der Waals surface area contributed by atoms with E-state index in [1.165, 1.54) is 17.7 Å². The highest BCUT2D eigenvalue weighted by Gasteiger charge is 2.09. The van der Waals surface area contributed by atoms with Crippen molar-refractivity contribution in [1.82, 2.24) is 10.3 Å². The molecule has 4 heteroatoms. The van der Waals surface area contributed by atoms with Crippen LogP contribution in [-0.2, 0) is 17.6 Å². The van der Waals surface area contributed by atoms with Gasteiger partial charge in [-0.3, -0.25) is 4.79 Å². The Morgan fingerprint density at radius 1 is 1.14 bits per heavy atom. The van der Waals surface area contributed by atoms with Crippen LogP contribution in [0.3, 0.4) is 0 Å². The van der Waals surface area contributed by atoms with Gasteiger partial charge >= 0.3 is 0 Å². The summed E-state index contributed by atoms with van der Waals surface area (Å²) >= 11 is 0. The van der Waals surface area contributed by atoms with Crippen molar-refractivity contribution in [2.24, 2.45) is 0 Å². The number of H-pyrrole nitrogens is 1. The first-order chi connectivity index (χ1) is 10.7. The van der Waals surface area contributed by atoms with Crippen LogP contribution in [0.4, 0.5) is 4.39 Å². The second kappa shape index (κ2) is 6.43. The highest BCUT2D eigenvalue weighted by molar-refractivity contribution is 5.88. The Bertz CT molecular complexity index is 780. The Morgan fingerprint density at radius 3 is 2.77 bits per heavy atom. The zero-order valence-electron chi connectivity index (χ0n) is 12.1. The van der Waals surface area contributed by atoms with Crippen LogP contribution < -0.4 is 5.32 Å². The van der Waals surface area contributed by atoms with Gasteiger partial charge in [0.05, 0.1) is 6.42 Å². The maximum atomic E-state index is 13.1. The molecule has 0 saturated heterocycles. The second-order valence-electron chi connectivity index (χ2n) is 5.27. The average molecular weight is 296 g/mol. The third-order valence-corrected chi connectivity index (χ3v) is 3.66. The molecule has 0 saturated carbocycles. The molecule has 0 atom stereocenters. The van der Waals surface area contributed by atoms with Crippen molar-refractivity contribution >= 4 is 16.8 Å². The largest absolute Gasteiger partial charge is 0.361 e. The lowest BCUT2D eigenvalue weighted by atomic mass is 10.1. The Kier molecular flexibility index (Phi) is 4.19. The first-order valence-corrected chi connectivity index (χ1v) is 7.28. The minimum absolute atomic E-state index is 0.0267. The van der Waals surface area contributed by atoms with Crippen LogP contribution in [0, 0.1) is 5.82 Å². The predicted molar refractivity (Wildman–Crippen MR) is 85.1 cm³/mol. The standard InChI is InChI=1S/C18H17FN2O/c19-15-6-7-16-14(12-21-17(16)11-15)10-18(22)20-9-8-13-4-2-1-3-5-13/h1-7,11-12,21H,8-10H2,(H,20,22). The monoisotopic (exact) mass is 296 g/mol. The van der Waals surface area contributed by atoms with E-state index in [-0.39, 0.29) is 11.7 Å². The summed E-state index contributed by atoms with van der Waals surface area (Å²) in [6.45, 7) is 0.611. The summed E-state index contributed by atoms with van der Waals surface area (Å²) in [6, 6.07) is 14.6. The van der Waals surface area contributed by atoms with Gasteiger partial charge in [0.1, 0.15) is 5.82 Å². The molecule has 0 aliphatic heterocycles. The van der Waals surface area contributed by atoms with Crippen LogP contribution >= 0.6 is 0 Å². The Labute approximate surface area is 128 Å². The lowest BCUT2D eigenvalue weighted by molar-refractivity contribution is -0.120. The van der Waals surface area contributed by atoms with Gasteiger partial charge in [-0.25, -0.2) is 4.39 Å². The van der Waals surface area contributed by atoms with Crippen LogP contribution in [0.15, 0.2) is 54.7 Å². The summed E-state index contributed by atoms with van der Waals surface area (Å²) in [7, 11) is 0. The predicted octanol–water partition coefficient (Wildman–Crippen LogP) is 3.21.